The minimum absolute atomic E-state index is 0.316. The molecule has 1 unspecified atom stereocenters. The fourth-order valence-corrected chi connectivity index (χ4v) is 5.11. The Morgan fingerprint density at radius 1 is 1.19 bits per heavy atom. The fraction of sp³-hybridized carbons (Fsp3) is 0.773. The molecule has 1 saturated heterocycles. The van der Waals surface area contributed by atoms with Crippen molar-refractivity contribution >= 4 is 5.84 Å². The van der Waals surface area contributed by atoms with E-state index in [1.165, 1.54) is 37.7 Å². The van der Waals surface area contributed by atoms with E-state index in [0.29, 0.717) is 12.4 Å². The van der Waals surface area contributed by atoms with Crippen LogP contribution in [0.25, 0.3) is 0 Å². The van der Waals surface area contributed by atoms with Crippen LogP contribution < -0.4 is 11.5 Å². The van der Waals surface area contributed by atoms with Crippen LogP contribution in [0.15, 0.2) is 23.5 Å². The zero-order valence-electron chi connectivity index (χ0n) is 17.6. The van der Waals surface area contributed by atoms with Crippen LogP contribution in [0.1, 0.15) is 71.6 Å². The van der Waals surface area contributed by atoms with Crippen LogP contribution in [-0.2, 0) is 4.74 Å². The molecular weight excluding hydrogens is 336 g/mol. The molecule has 5 heteroatoms. The van der Waals surface area contributed by atoms with Gasteiger partial charge < -0.3 is 20.7 Å². The number of piperidine rings is 1. The van der Waals surface area contributed by atoms with Gasteiger partial charge in [-0.2, -0.15) is 0 Å². The van der Waals surface area contributed by atoms with E-state index in [-0.39, 0.29) is 0 Å². The normalized spacial score (nSPS) is 24.9. The summed E-state index contributed by atoms with van der Waals surface area (Å²) in [7, 11) is 0. The average Bonchev–Trinajstić information content (AvgIpc) is 2.70. The highest BCUT2D eigenvalue weighted by Gasteiger charge is 2.56. The zero-order valence-corrected chi connectivity index (χ0v) is 17.6. The second kappa shape index (κ2) is 10.3. The van der Waals surface area contributed by atoms with Gasteiger partial charge in [0.15, 0.2) is 11.4 Å². The number of nitrogens with two attached hydrogens (primary N) is 2. The van der Waals surface area contributed by atoms with Gasteiger partial charge in [-0.25, -0.2) is 0 Å². The van der Waals surface area contributed by atoms with Crippen LogP contribution in [0, 0.1) is 5.41 Å². The van der Waals surface area contributed by atoms with E-state index in [1.807, 2.05) is 0 Å². The molecule has 1 atom stereocenters. The highest BCUT2D eigenvalue weighted by atomic mass is 16.5. The Morgan fingerprint density at radius 2 is 1.93 bits per heavy atom. The van der Waals surface area contributed by atoms with Crippen molar-refractivity contribution in [2.24, 2.45) is 11.5 Å². The van der Waals surface area contributed by atoms with Crippen LogP contribution in [0.5, 0.6) is 0 Å². The lowest BCUT2D eigenvalue weighted by Crippen LogP contribution is -2.72. The molecule has 5 nitrogen and oxygen atoms in total. The number of hydrogen-bond acceptors (Lipinski definition) is 3. The summed E-state index contributed by atoms with van der Waals surface area (Å²) >= 11 is 0. The summed E-state index contributed by atoms with van der Waals surface area (Å²) in [5.74, 6) is 1.28. The van der Waals surface area contributed by atoms with Crippen molar-refractivity contribution in [3.63, 3.8) is 0 Å². The minimum atomic E-state index is -0.416. The maximum absolute atomic E-state index is 8.65. The van der Waals surface area contributed by atoms with Gasteiger partial charge in [0.2, 0.25) is 0 Å². The van der Waals surface area contributed by atoms with E-state index in [4.69, 9.17) is 21.6 Å². The van der Waals surface area contributed by atoms with Crippen LogP contribution in [0.4, 0.5) is 0 Å². The molecule has 1 heterocycles. The maximum atomic E-state index is 8.65. The summed E-state index contributed by atoms with van der Waals surface area (Å²) in [6.07, 6.45) is 14.2. The van der Waals surface area contributed by atoms with Gasteiger partial charge in [-0.1, -0.05) is 26.7 Å². The quantitative estimate of drug-likeness (QED) is 0.221. The van der Waals surface area contributed by atoms with E-state index < -0.39 is 5.54 Å². The Bertz CT molecular complexity index is 549. The number of ether oxygens (including phenoxy) is 1. The molecule has 154 valence electrons. The van der Waals surface area contributed by atoms with Crippen molar-refractivity contribution in [1.29, 1.82) is 5.41 Å². The monoisotopic (exact) mass is 377 g/mol. The smallest absolute Gasteiger partial charge is 0.182 e. The van der Waals surface area contributed by atoms with Crippen molar-refractivity contribution in [3.05, 3.63) is 23.5 Å². The Labute approximate surface area is 165 Å². The van der Waals surface area contributed by atoms with E-state index >= 15 is 0 Å². The van der Waals surface area contributed by atoms with Gasteiger partial charge in [0.25, 0.3) is 0 Å². The first-order valence-corrected chi connectivity index (χ1v) is 11.0. The third-order valence-electron chi connectivity index (χ3n) is 6.56. The van der Waals surface area contributed by atoms with Gasteiger partial charge in [0.1, 0.15) is 5.76 Å². The minimum Gasteiger partial charge on any atom is -0.494 e. The predicted octanol–water partition coefficient (Wildman–Crippen LogP) is 3.84. The van der Waals surface area contributed by atoms with Crippen LogP contribution in [-0.4, -0.2) is 48.6 Å². The molecule has 0 aromatic rings. The number of hydrogen-bond donors (Lipinski definition) is 3. The molecule has 1 fully saturated rings. The van der Waals surface area contributed by atoms with Crippen LogP contribution in [0.2, 0.25) is 0 Å². The summed E-state index contributed by atoms with van der Waals surface area (Å²) in [4.78, 5) is 0. The summed E-state index contributed by atoms with van der Waals surface area (Å²) in [5, 5.41) is 8.65. The van der Waals surface area contributed by atoms with Crippen molar-refractivity contribution in [3.8, 4) is 0 Å². The zero-order chi connectivity index (χ0) is 19.8. The Balaban J connectivity index is 2.32. The summed E-state index contributed by atoms with van der Waals surface area (Å²) < 4.78 is 6.94. The highest BCUT2D eigenvalue weighted by Crippen LogP contribution is 2.43. The molecule has 27 heavy (non-hydrogen) atoms. The maximum Gasteiger partial charge on any atom is 0.182 e. The predicted molar refractivity (Wildman–Crippen MR) is 114 cm³/mol. The van der Waals surface area contributed by atoms with Gasteiger partial charge >= 0.3 is 0 Å². The number of quaternary nitrogens is 1. The van der Waals surface area contributed by atoms with E-state index in [2.05, 4.69) is 26.0 Å². The Hall–Kier alpha value is -1.33. The molecule has 1 aliphatic carbocycles. The number of likely N-dealkylation sites (tertiary alicyclic amines) is 1. The SMILES string of the molecule is CCCCCOC1=CCC(C(=N)N)([N+]2(CCCN)CCCCC2)C(CC)=C1. The molecule has 0 saturated carbocycles. The first kappa shape index (κ1) is 22.0. The molecule has 0 radical (unpaired) electrons. The molecule has 0 amide bonds. The summed E-state index contributed by atoms with van der Waals surface area (Å²) in [6, 6.07) is 0. The molecule has 2 aliphatic rings. The van der Waals surface area contributed by atoms with Gasteiger partial charge in [-0.3, -0.25) is 5.41 Å². The third-order valence-corrected chi connectivity index (χ3v) is 6.56. The number of amidine groups is 1. The molecule has 0 spiro atoms. The molecule has 0 bridgehead atoms. The second-order valence-corrected chi connectivity index (χ2v) is 8.18. The van der Waals surface area contributed by atoms with Crippen molar-refractivity contribution in [2.75, 3.05) is 32.8 Å². The lowest BCUT2D eigenvalue weighted by molar-refractivity contribution is -0.964. The molecule has 0 aromatic heterocycles. The van der Waals surface area contributed by atoms with Gasteiger partial charge in [-0.05, 0) is 50.8 Å². The summed E-state index contributed by atoms with van der Waals surface area (Å²) in [5.41, 5.74) is 13.1. The van der Waals surface area contributed by atoms with Crippen molar-refractivity contribution in [1.82, 2.24) is 0 Å². The Morgan fingerprint density at radius 3 is 2.52 bits per heavy atom. The average molecular weight is 378 g/mol. The summed E-state index contributed by atoms with van der Waals surface area (Å²) in [6.45, 7) is 9.06. The molecular formula is C22H41N4O+. The number of rotatable bonds is 11. The Kier molecular flexibility index (Phi) is 8.36. The van der Waals surface area contributed by atoms with E-state index in [0.717, 1.165) is 62.2 Å². The van der Waals surface area contributed by atoms with Crippen LogP contribution in [0.3, 0.4) is 0 Å². The lowest BCUT2D eigenvalue weighted by Gasteiger charge is -2.56. The van der Waals surface area contributed by atoms with Crippen LogP contribution >= 0.6 is 0 Å². The lowest BCUT2D eigenvalue weighted by atomic mass is 9.75. The highest BCUT2D eigenvalue weighted by molar-refractivity contribution is 5.90. The molecule has 5 N–H and O–H groups in total. The van der Waals surface area contributed by atoms with E-state index in [9.17, 15) is 0 Å². The third kappa shape index (κ3) is 4.57. The number of unbranched alkanes of at least 4 members (excludes halogenated alkanes) is 2. The molecule has 1 aliphatic heterocycles. The van der Waals surface area contributed by atoms with Gasteiger partial charge in [-0.15, -0.1) is 0 Å². The first-order chi connectivity index (χ1) is 13.1. The largest absolute Gasteiger partial charge is 0.494 e. The van der Waals surface area contributed by atoms with Crippen molar-refractivity contribution in [2.45, 2.75) is 77.2 Å². The number of nitrogens with one attached hydrogen (secondary N) is 1. The first-order valence-electron chi connectivity index (χ1n) is 11.0. The standard InChI is InChI=1S/C22H41N4O/c1-3-5-9-17-27-20-11-12-22(21(24)25,19(4-2)18-20)26(16-10-13-23)14-7-6-8-15-26/h11,18H,3-10,12-17,23H2,1-2H3,(H3,24,25)/q+1. The fourth-order valence-electron chi connectivity index (χ4n) is 5.11. The number of nitrogens with zero attached hydrogens (tertiary/aromatic N) is 1. The van der Waals surface area contributed by atoms with E-state index in [1.54, 1.807) is 0 Å². The van der Waals surface area contributed by atoms with Crippen molar-refractivity contribution < 1.29 is 9.22 Å². The van der Waals surface area contributed by atoms with Gasteiger partial charge in [0, 0.05) is 18.4 Å². The second-order valence-electron chi connectivity index (χ2n) is 8.18. The van der Waals surface area contributed by atoms with Gasteiger partial charge in [0.05, 0.1) is 26.2 Å². The molecule has 0 aromatic carbocycles. The topological polar surface area (TPSA) is 85.1 Å². The molecule has 2 rings (SSSR count). The number of allylic oxidation sites excluding steroid dienone is 1.